The van der Waals surface area contributed by atoms with Crippen molar-refractivity contribution in [3.8, 4) is 11.8 Å². The third-order valence-corrected chi connectivity index (χ3v) is 6.07. The highest BCUT2D eigenvalue weighted by atomic mass is 16.5. The Kier molecular flexibility index (Phi) is 5.25. The average molecular weight is 420 g/mol. The van der Waals surface area contributed by atoms with Gasteiger partial charge in [-0.3, -0.25) is 0 Å². The van der Waals surface area contributed by atoms with Gasteiger partial charge in [-0.25, -0.2) is 4.98 Å². The van der Waals surface area contributed by atoms with Gasteiger partial charge in [-0.2, -0.15) is 5.26 Å². The van der Waals surface area contributed by atoms with Crippen molar-refractivity contribution in [1.29, 1.82) is 5.26 Å². The molecular weight excluding hydrogens is 394 g/mol. The molecule has 0 fully saturated rings. The molecule has 1 aromatic heterocycles. The standard InChI is InChI=1S/C28H25N3O/c1-3-8-27-30-24-10-5-6-11-25(24)31(27)17-20-13-14-22-21(15-20)18-32-26-12-7-4-9-23(26)28(22)19(2)16-29/h4-7,9-15H,3,8,17-18H2,1-2H3. The lowest BCUT2D eigenvalue weighted by Crippen LogP contribution is -2.06. The Bertz CT molecular complexity index is 1390. The first kappa shape index (κ1) is 20.1. The molecule has 4 aromatic rings. The molecule has 158 valence electrons. The Balaban J connectivity index is 1.60. The summed E-state index contributed by atoms with van der Waals surface area (Å²) in [5.74, 6) is 1.94. The molecular formula is C28H25N3O. The van der Waals surface area contributed by atoms with E-state index in [9.17, 15) is 5.26 Å². The first-order chi connectivity index (χ1) is 15.7. The molecule has 5 rings (SSSR count). The molecule has 0 amide bonds. The molecule has 2 heterocycles. The van der Waals surface area contributed by atoms with Gasteiger partial charge in [0.1, 0.15) is 18.2 Å². The minimum absolute atomic E-state index is 0.481. The number of aromatic nitrogens is 2. The van der Waals surface area contributed by atoms with Crippen molar-refractivity contribution < 1.29 is 4.74 Å². The monoisotopic (exact) mass is 419 g/mol. The molecule has 1 aliphatic rings. The SMILES string of the molecule is CCCc1nc2ccccc2n1Cc1ccc2c(c1)COc1ccccc1C2=C(C)C#N. The smallest absolute Gasteiger partial charge is 0.127 e. The molecule has 4 nitrogen and oxygen atoms in total. The number of nitriles is 1. The van der Waals surface area contributed by atoms with Crippen molar-refractivity contribution in [2.45, 2.75) is 39.8 Å². The molecule has 0 spiro atoms. The van der Waals surface area contributed by atoms with E-state index < -0.39 is 0 Å². The van der Waals surface area contributed by atoms with Gasteiger partial charge in [0, 0.05) is 29.7 Å². The second-order valence-corrected chi connectivity index (χ2v) is 8.24. The summed E-state index contributed by atoms with van der Waals surface area (Å²) in [6.45, 7) is 5.30. The van der Waals surface area contributed by atoms with Crippen LogP contribution < -0.4 is 4.74 Å². The van der Waals surface area contributed by atoms with Crippen molar-refractivity contribution in [2.24, 2.45) is 0 Å². The lowest BCUT2D eigenvalue weighted by atomic mass is 9.90. The van der Waals surface area contributed by atoms with E-state index in [2.05, 4.69) is 54.0 Å². The summed E-state index contributed by atoms with van der Waals surface area (Å²) in [5.41, 5.74) is 8.21. The van der Waals surface area contributed by atoms with Crippen LogP contribution in [0, 0.1) is 11.3 Å². The van der Waals surface area contributed by atoms with Crippen LogP contribution >= 0.6 is 0 Å². The fourth-order valence-electron chi connectivity index (χ4n) is 4.57. The molecule has 0 saturated heterocycles. The van der Waals surface area contributed by atoms with Crippen molar-refractivity contribution in [2.75, 3.05) is 0 Å². The zero-order valence-corrected chi connectivity index (χ0v) is 18.4. The molecule has 0 N–H and O–H groups in total. The van der Waals surface area contributed by atoms with Crippen molar-refractivity contribution in [3.63, 3.8) is 0 Å². The predicted octanol–water partition coefficient (Wildman–Crippen LogP) is 6.27. The van der Waals surface area contributed by atoms with E-state index in [4.69, 9.17) is 9.72 Å². The highest BCUT2D eigenvalue weighted by Crippen LogP contribution is 2.38. The summed E-state index contributed by atoms with van der Waals surface area (Å²) < 4.78 is 8.48. The minimum Gasteiger partial charge on any atom is -0.488 e. The topological polar surface area (TPSA) is 50.8 Å². The lowest BCUT2D eigenvalue weighted by molar-refractivity contribution is 0.307. The number of rotatable bonds is 4. The molecule has 0 unspecified atom stereocenters. The number of para-hydroxylation sites is 3. The Morgan fingerprint density at radius 2 is 1.88 bits per heavy atom. The fourth-order valence-corrected chi connectivity index (χ4v) is 4.57. The van der Waals surface area contributed by atoms with Gasteiger partial charge in [-0.1, -0.05) is 49.4 Å². The summed E-state index contributed by atoms with van der Waals surface area (Å²) in [5, 5.41) is 9.68. The van der Waals surface area contributed by atoms with Gasteiger partial charge in [0.15, 0.2) is 0 Å². The molecule has 0 bridgehead atoms. The maximum absolute atomic E-state index is 9.68. The van der Waals surface area contributed by atoms with Gasteiger partial charge in [-0.15, -0.1) is 0 Å². The van der Waals surface area contributed by atoms with Gasteiger partial charge < -0.3 is 9.30 Å². The number of imidazole rings is 1. The quantitative estimate of drug-likeness (QED) is 0.366. The van der Waals surface area contributed by atoms with Crippen molar-refractivity contribution in [3.05, 3.63) is 100 Å². The number of fused-ring (bicyclic) bond motifs is 3. The van der Waals surface area contributed by atoms with Crippen LogP contribution in [0.2, 0.25) is 0 Å². The average Bonchev–Trinajstić information content (AvgIpc) is 3.07. The van der Waals surface area contributed by atoms with Gasteiger partial charge in [-0.05, 0) is 54.3 Å². The maximum Gasteiger partial charge on any atom is 0.127 e. The number of allylic oxidation sites excluding steroid dienone is 1. The molecule has 3 aromatic carbocycles. The summed E-state index contributed by atoms with van der Waals surface area (Å²) in [6, 6.07) is 25.2. The van der Waals surface area contributed by atoms with E-state index in [0.29, 0.717) is 12.2 Å². The molecule has 0 atom stereocenters. The summed E-state index contributed by atoms with van der Waals surface area (Å²) in [7, 11) is 0. The van der Waals surface area contributed by atoms with Crippen LogP contribution in [-0.2, 0) is 19.6 Å². The zero-order valence-electron chi connectivity index (χ0n) is 18.4. The van der Waals surface area contributed by atoms with E-state index in [1.54, 1.807) is 0 Å². The van der Waals surface area contributed by atoms with Crippen LogP contribution in [0.4, 0.5) is 0 Å². The minimum atomic E-state index is 0.481. The van der Waals surface area contributed by atoms with E-state index in [0.717, 1.165) is 64.3 Å². The molecule has 0 radical (unpaired) electrons. The normalized spacial score (nSPS) is 14.2. The number of aryl methyl sites for hydroxylation is 1. The molecule has 0 saturated carbocycles. The number of benzene rings is 3. The van der Waals surface area contributed by atoms with Gasteiger partial charge in [0.25, 0.3) is 0 Å². The van der Waals surface area contributed by atoms with Crippen LogP contribution in [-0.4, -0.2) is 9.55 Å². The molecule has 4 heteroatoms. The van der Waals surface area contributed by atoms with Crippen LogP contribution in [0.1, 0.15) is 48.3 Å². The number of hydrogen-bond acceptors (Lipinski definition) is 3. The summed E-state index contributed by atoms with van der Waals surface area (Å²) >= 11 is 0. The van der Waals surface area contributed by atoms with Crippen LogP contribution in [0.3, 0.4) is 0 Å². The van der Waals surface area contributed by atoms with Crippen LogP contribution in [0.15, 0.2) is 72.3 Å². The highest BCUT2D eigenvalue weighted by molar-refractivity contribution is 5.88. The van der Waals surface area contributed by atoms with Crippen molar-refractivity contribution >= 4 is 16.6 Å². The number of ether oxygens (including phenoxy) is 1. The van der Waals surface area contributed by atoms with E-state index in [1.807, 2.05) is 37.3 Å². The third-order valence-electron chi connectivity index (χ3n) is 6.07. The second kappa shape index (κ2) is 8.36. The maximum atomic E-state index is 9.68. The van der Waals surface area contributed by atoms with Gasteiger partial charge >= 0.3 is 0 Å². The van der Waals surface area contributed by atoms with Gasteiger partial charge in [0.2, 0.25) is 0 Å². The summed E-state index contributed by atoms with van der Waals surface area (Å²) in [6.07, 6.45) is 2.01. The Morgan fingerprint density at radius 3 is 2.72 bits per heavy atom. The third kappa shape index (κ3) is 3.46. The molecule has 32 heavy (non-hydrogen) atoms. The van der Waals surface area contributed by atoms with Crippen LogP contribution in [0.5, 0.6) is 5.75 Å². The summed E-state index contributed by atoms with van der Waals surface area (Å²) in [4.78, 5) is 4.87. The fraction of sp³-hybridized carbons (Fsp3) is 0.214. The lowest BCUT2D eigenvalue weighted by Gasteiger charge is -2.14. The highest BCUT2D eigenvalue weighted by Gasteiger charge is 2.21. The van der Waals surface area contributed by atoms with Gasteiger partial charge in [0.05, 0.1) is 17.1 Å². The first-order valence-corrected chi connectivity index (χ1v) is 11.1. The number of hydrogen-bond donors (Lipinski definition) is 0. The Hall–Kier alpha value is -3.84. The molecule has 0 aliphatic carbocycles. The van der Waals surface area contributed by atoms with E-state index in [1.165, 1.54) is 5.56 Å². The van der Waals surface area contributed by atoms with E-state index in [-0.39, 0.29) is 0 Å². The Labute approximate surface area is 188 Å². The largest absolute Gasteiger partial charge is 0.488 e. The second-order valence-electron chi connectivity index (χ2n) is 8.24. The zero-order chi connectivity index (χ0) is 22.1. The van der Waals surface area contributed by atoms with E-state index >= 15 is 0 Å². The molecule has 1 aliphatic heterocycles. The van der Waals surface area contributed by atoms with Crippen LogP contribution in [0.25, 0.3) is 16.6 Å². The number of nitrogens with zero attached hydrogens (tertiary/aromatic N) is 3. The van der Waals surface area contributed by atoms with Crippen molar-refractivity contribution in [1.82, 2.24) is 9.55 Å². The predicted molar refractivity (Wildman–Crippen MR) is 127 cm³/mol. The Morgan fingerprint density at radius 1 is 1.06 bits per heavy atom. The first-order valence-electron chi connectivity index (χ1n) is 11.1.